The van der Waals surface area contributed by atoms with E-state index >= 15 is 0 Å². The quantitative estimate of drug-likeness (QED) is 0.612. The molecule has 7 heteroatoms. The summed E-state index contributed by atoms with van der Waals surface area (Å²) in [5, 5.41) is 8.25. The molecule has 0 unspecified atom stereocenters. The van der Waals surface area contributed by atoms with Crippen LogP contribution in [-0.2, 0) is 0 Å². The number of thiocarbonyl (C=S) groups is 1. The normalized spacial score (nSPS) is 12.2. The molecule has 1 aromatic heterocycles. The van der Waals surface area contributed by atoms with Gasteiger partial charge < -0.3 is 15.1 Å². The lowest BCUT2D eigenvalue weighted by Gasteiger charge is -2.28. The minimum Gasteiger partial charge on any atom is -0.363 e. The zero-order valence-electron chi connectivity index (χ0n) is 14.8. The van der Waals surface area contributed by atoms with Crippen LogP contribution in [0.1, 0.15) is 24.9 Å². The summed E-state index contributed by atoms with van der Waals surface area (Å²) in [5.41, 5.74) is 2.20. The molecule has 1 atom stereocenters. The van der Waals surface area contributed by atoms with E-state index in [4.69, 9.17) is 12.2 Å². The SMILES string of the molecule is C[C@@H](c1ccc(-n2cncn2)cc1)N(C)C(=S)NCCCN(C)C. The Morgan fingerprint density at radius 1 is 1.25 bits per heavy atom. The van der Waals surface area contributed by atoms with Crippen molar-refractivity contribution < 1.29 is 0 Å². The summed E-state index contributed by atoms with van der Waals surface area (Å²) < 4.78 is 1.75. The molecule has 0 aliphatic rings. The van der Waals surface area contributed by atoms with Crippen LogP contribution in [0.15, 0.2) is 36.9 Å². The van der Waals surface area contributed by atoms with Crippen molar-refractivity contribution in [2.75, 3.05) is 34.2 Å². The fraction of sp³-hybridized carbons (Fsp3) is 0.471. The number of nitrogens with zero attached hydrogens (tertiary/aromatic N) is 5. The molecule has 0 spiro atoms. The number of hydrogen-bond acceptors (Lipinski definition) is 4. The van der Waals surface area contributed by atoms with E-state index in [-0.39, 0.29) is 6.04 Å². The van der Waals surface area contributed by atoms with Crippen molar-refractivity contribution in [2.45, 2.75) is 19.4 Å². The van der Waals surface area contributed by atoms with Crippen LogP contribution in [0.5, 0.6) is 0 Å². The van der Waals surface area contributed by atoms with Crippen molar-refractivity contribution in [2.24, 2.45) is 0 Å². The third kappa shape index (κ3) is 5.01. The van der Waals surface area contributed by atoms with Crippen LogP contribution in [0, 0.1) is 0 Å². The first-order chi connectivity index (χ1) is 11.5. The van der Waals surface area contributed by atoms with E-state index in [2.05, 4.69) is 58.4 Å². The van der Waals surface area contributed by atoms with E-state index in [1.807, 2.05) is 19.2 Å². The summed E-state index contributed by atoms with van der Waals surface area (Å²) in [5.74, 6) is 0. The molecular weight excluding hydrogens is 320 g/mol. The van der Waals surface area contributed by atoms with Crippen molar-refractivity contribution in [3.05, 3.63) is 42.5 Å². The standard InChI is InChI=1S/C17H26N6S/c1-14(22(4)17(24)19-10-5-11-21(2)3)15-6-8-16(9-7-15)23-13-18-12-20-23/h6-9,12-14H,5,10-11H2,1-4H3,(H,19,24)/t14-/m0/s1. The summed E-state index contributed by atoms with van der Waals surface area (Å²) >= 11 is 5.50. The largest absolute Gasteiger partial charge is 0.363 e. The molecule has 2 rings (SSSR count). The fourth-order valence-electron chi connectivity index (χ4n) is 2.36. The lowest BCUT2D eigenvalue weighted by molar-refractivity contribution is 0.383. The lowest BCUT2D eigenvalue weighted by atomic mass is 10.1. The van der Waals surface area contributed by atoms with Gasteiger partial charge in [0.2, 0.25) is 0 Å². The van der Waals surface area contributed by atoms with Crippen molar-refractivity contribution in [1.29, 1.82) is 0 Å². The van der Waals surface area contributed by atoms with Crippen LogP contribution in [-0.4, -0.2) is 63.9 Å². The molecule has 130 valence electrons. The minimum atomic E-state index is 0.198. The minimum absolute atomic E-state index is 0.198. The second kappa shape index (κ2) is 8.75. The predicted molar refractivity (Wildman–Crippen MR) is 101 cm³/mol. The monoisotopic (exact) mass is 346 g/mol. The first-order valence-electron chi connectivity index (χ1n) is 8.09. The first kappa shape index (κ1) is 18.4. The Balaban J connectivity index is 1.90. The molecular formula is C17H26N6S. The van der Waals surface area contributed by atoms with Crippen molar-refractivity contribution in [1.82, 2.24) is 29.9 Å². The molecule has 0 saturated heterocycles. The maximum absolute atomic E-state index is 5.50. The van der Waals surface area contributed by atoms with Crippen LogP contribution >= 0.6 is 12.2 Å². The highest BCUT2D eigenvalue weighted by molar-refractivity contribution is 7.80. The van der Waals surface area contributed by atoms with E-state index in [1.54, 1.807) is 11.0 Å². The molecule has 1 N–H and O–H groups in total. The molecule has 1 heterocycles. The number of rotatable bonds is 7. The van der Waals surface area contributed by atoms with E-state index < -0.39 is 0 Å². The molecule has 24 heavy (non-hydrogen) atoms. The van der Waals surface area contributed by atoms with Gasteiger partial charge in [0.05, 0.1) is 11.7 Å². The van der Waals surface area contributed by atoms with Crippen LogP contribution < -0.4 is 5.32 Å². The van der Waals surface area contributed by atoms with E-state index in [0.717, 1.165) is 30.3 Å². The van der Waals surface area contributed by atoms with Crippen molar-refractivity contribution in [3.8, 4) is 5.69 Å². The summed E-state index contributed by atoms with van der Waals surface area (Å²) in [6.07, 6.45) is 4.30. The fourth-order valence-corrected chi connectivity index (χ4v) is 2.62. The molecule has 1 aromatic carbocycles. The molecule has 0 amide bonds. The maximum Gasteiger partial charge on any atom is 0.169 e. The van der Waals surface area contributed by atoms with Gasteiger partial charge in [-0.15, -0.1) is 0 Å². The molecule has 6 nitrogen and oxygen atoms in total. The average Bonchev–Trinajstić information content (AvgIpc) is 3.11. The Morgan fingerprint density at radius 3 is 2.54 bits per heavy atom. The molecule has 0 fully saturated rings. The molecule has 0 bridgehead atoms. The third-order valence-electron chi connectivity index (χ3n) is 4.02. The van der Waals surface area contributed by atoms with Gasteiger partial charge in [0.25, 0.3) is 0 Å². The zero-order valence-corrected chi connectivity index (χ0v) is 15.6. The number of aromatic nitrogens is 3. The van der Waals surface area contributed by atoms with Gasteiger partial charge in [-0.3, -0.25) is 0 Å². The molecule has 0 radical (unpaired) electrons. The topological polar surface area (TPSA) is 49.2 Å². The molecule has 0 saturated carbocycles. The average molecular weight is 347 g/mol. The van der Waals surface area contributed by atoms with Crippen molar-refractivity contribution >= 4 is 17.3 Å². The Bertz CT molecular complexity index is 623. The Kier molecular flexibility index (Phi) is 6.69. The van der Waals surface area contributed by atoms with Crippen LogP contribution in [0.3, 0.4) is 0 Å². The highest BCUT2D eigenvalue weighted by atomic mass is 32.1. The number of benzene rings is 1. The second-order valence-corrected chi connectivity index (χ2v) is 6.49. The summed E-state index contributed by atoms with van der Waals surface area (Å²) in [4.78, 5) is 8.24. The summed E-state index contributed by atoms with van der Waals surface area (Å²) in [6, 6.07) is 8.49. The van der Waals surface area contributed by atoms with Gasteiger partial charge in [-0.25, -0.2) is 9.67 Å². The Labute approximate surface area is 149 Å². The van der Waals surface area contributed by atoms with E-state index in [0.29, 0.717) is 0 Å². The predicted octanol–water partition coefficient (Wildman–Crippen LogP) is 2.09. The highest BCUT2D eigenvalue weighted by Crippen LogP contribution is 2.20. The number of hydrogen-bond donors (Lipinski definition) is 1. The summed E-state index contributed by atoms with van der Waals surface area (Å²) in [7, 11) is 6.18. The highest BCUT2D eigenvalue weighted by Gasteiger charge is 2.14. The van der Waals surface area contributed by atoms with Gasteiger partial charge in [0.1, 0.15) is 12.7 Å². The Morgan fingerprint density at radius 2 is 1.96 bits per heavy atom. The number of nitrogens with one attached hydrogen (secondary N) is 1. The third-order valence-corrected chi connectivity index (χ3v) is 4.45. The zero-order chi connectivity index (χ0) is 17.5. The van der Waals surface area contributed by atoms with Gasteiger partial charge in [0, 0.05) is 13.6 Å². The van der Waals surface area contributed by atoms with Crippen LogP contribution in [0.4, 0.5) is 0 Å². The molecule has 2 aromatic rings. The van der Waals surface area contributed by atoms with Gasteiger partial charge >= 0.3 is 0 Å². The first-order valence-corrected chi connectivity index (χ1v) is 8.50. The molecule has 0 aliphatic heterocycles. The molecule has 0 aliphatic carbocycles. The van der Waals surface area contributed by atoms with Gasteiger partial charge in [-0.1, -0.05) is 12.1 Å². The lowest BCUT2D eigenvalue weighted by Crippen LogP contribution is -2.39. The van der Waals surface area contributed by atoms with Crippen molar-refractivity contribution in [3.63, 3.8) is 0 Å². The maximum atomic E-state index is 5.50. The van der Waals surface area contributed by atoms with Crippen LogP contribution in [0.25, 0.3) is 5.69 Å². The van der Waals surface area contributed by atoms with Crippen LogP contribution in [0.2, 0.25) is 0 Å². The smallest absolute Gasteiger partial charge is 0.169 e. The van der Waals surface area contributed by atoms with Gasteiger partial charge in [-0.2, -0.15) is 5.10 Å². The van der Waals surface area contributed by atoms with Gasteiger partial charge in [-0.05, 0) is 63.9 Å². The summed E-state index contributed by atoms with van der Waals surface area (Å²) in [6.45, 7) is 4.09. The second-order valence-electron chi connectivity index (χ2n) is 6.11. The van der Waals surface area contributed by atoms with E-state index in [9.17, 15) is 0 Å². The Hall–Kier alpha value is -1.99. The van der Waals surface area contributed by atoms with E-state index in [1.165, 1.54) is 11.9 Å². The van der Waals surface area contributed by atoms with Gasteiger partial charge in [0.15, 0.2) is 5.11 Å².